The van der Waals surface area contributed by atoms with Gasteiger partial charge in [-0.05, 0) is 35.0 Å². The molecule has 13 heavy (non-hydrogen) atoms. The standard InChI is InChI=1S/C10H16BrNS/c1-2-3-4-5-12-7-10-6-9(11)8-13-10/h6,8,12H,2-5,7H2,1H3. The Morgan fingerprint density at radius 3 is 2.92 bits per heavy atom. The molecule has 0 saturated heterocycles. The highest BCUT2D eigenvalue weighted by atomic mass is 79.9. The van der Waals surface area contributed by atoms with Gasteiger partial charge in [0.2, 0.25) is 0 Å². The highest BCUT2D eigenvalue weighted by molar-refractivity contribution is 9.10. The molecular weight excluding hydrogens is 246 g/mol. The van der Waals surface area contributed by atoms with Gasteiger partial charge in [-0.3, -0.25) is 0 Å². The van der Waals surface area contributed by atoms with Gasteiger partial charge in [0.05, 0.1) is 0 Å². The maximum atomic E-state index is 3.45. The van der Waals surface area contributed by atoms with Crippen LogP contribution < -0.4 is 5.32 Å². The average Bonchev–Trinajstić information content (AvgIpc) is 2.51. The highest BCUT2D eigenvalue weighted by Crippen LogP contribution is 2.19. The molecule has 0 fully saturated rings. The molecule has 0 unspecified atom stereocenters. The molecule has 0 saturated carbocycles. The summed E-state index contributed by atoms with van der Waals surface area (Å²) >= 11 is 5.25. The van der Waals surface area contributed by atoms with Crippen LogP contribution >= 0.6 is 27.3 Å². The molecule has 0 amide bonds. The molecule has 0 aliphatic rings. The van der Waals surface area contributed by atoms with Crippen molar-refractivity contribution in [1.29, 1.82) is 0 Å². The van der Waals surface area contributed by atoms with Crippen molar-refractivity contribution in [3.63, 3.8) is 0 Å². The fraction of sp³-hybridized carbons (Fsp3) is 0.600. The summed E-state index contributed by atoms with van der Waals surface area (Å²) in [5, 5.41) is 5.57. The third-order valence-corrected chi connectivity index (χ3v) is 3.58. The summed E-state index contributed by atoms with van der Waals surface area (Å²) in [5.41, 5.74) is 0. The first-order valence-corrected chi connectivity index (χ1v) is 6.44. The Morgan fingerprint density at radius 2 is 2.31 bits per heavy atom. The van der Waals surface area contributed by atoms with E-state index in [2.05, 4.69) is 39.6 Å². The quantitative estimate of drug-likeness (QED) is 0.769. The Kier molecular flexibility index (Phi) is 5.67. The van der Waals surface area contributed by atoms with Crippen molar-refractivity contribution < 1.29 is 0 Å². The molecule has 1 rings (SSSR count). The molecule has 0 radical (unpaired) electrons. The fourth-order valence-electron chi connectivity index (χ4n) is 1.16. The van der Waals surface area contributed by atoms with Crippen molar-refractivity contribution in [2.75, 3.05) is 6.54 Å². The van der Waals surface area contributed by atoms with E-state index in [4.69, 9.17) is 0 Å². The minimum atomic E-state index is 1.01. The number of nitrogens with one attached hydrogen (secondary N) is 1. The maximum Gasteiger partial charge on any atom is 0.0300 e. The van der Waals surface area contributed by atoms with E-state index in [0.717, 1.165) is 13.1 Å². The number of hydrogen-bond donors (Lipinski definition) is 1. The van der Waals surface area contributed by atoms with Gasteiger partial charge < -0.3 is 5.32 Å². The largest absolute Gasteiger partial charge is 0.312 e. The minimum Gasteiger partial charge on any atom is -0.312 e. The molecule has 0 aliphatic heterocycles. The smallest absolute Gasteiger partial charge is 0.0300 e. The van der Waals surface area contributed by atoms with Crippen LogP contribution in [-0.2, 0) is 6.54 Å². The molecule has 1 N–H and O–H groups in total. The van der Waals surface area contributed by atoms with Gasteiger partial charge in [-0.2, -0.15) is 0 Å². The Hall–Kier alpha value is 0.140. The van der Waals surface area contributed by atoms with E-state index in [-0.39, 0.29) is 0 Å². The molecule has 74 valence electrons. The van der Waals surface area contributed by atoms with Crippen LogP contribution in [0.15, 0.2) is 15.9 Å². The molecule has 0 bridgehead atoms. The van der Waals surface area contributed by atoms with Crippen molar-refractivity contribution >= 4 is 27.3 Å². The summed E-state index contributed by atoms with van der Waals surface area (Å²) in [4.78, 5) is 1.41. The number of thiophene rings is 1. The van der Waals surface area contributed by atoms with Crippen molar-refractivity contribution in [1.82, 2.24) is 5.32 Å². The van der Waals surface area contributed by atoms with E-state index < -0.39 is 0 Å². The zero-order chi connectivity index (χ0) is 9.52. The second-order valence-corrected chi connectivity index (χ2v) is 5.03. The third kappa shape index (κ3) is 4.79. The Morgan fingerprint density at radius 1 is 1.46 bits per heavy atom. The van der Waals surface area contributed by atoms with Crippen molar-refractivity contribution in [3.8, 4) is 0 Å². The van der Waals surface area contributed by atoms with Gasteiger partial charge in [0.15, 0.2) is 0 Å². The van der Waals surface area contributed by atoms with Crippen LogP contribution in [0.2, 0.25) is 0 Å². The second kappa shape index (κ2) is 6.57. The van der Waals surface area contributed by atoms with Crippen LogP contribution in [0.3, 0.4) is 0 Å². The van der Waals surface area contributed by atoms with E-state index in [1.807, 2.05) is 0 Å². The lowest BCUT2D eigenvalue weighted by Crippen LogP contribution is -2.13. The summed E-state index contributed by atoms with van der Waals surface area (Å²) in [7, 11) is 0. The second-order valence-electron chi connectivity index (χ2n) is 3.12. The van der Waals surface area contributed by atoms with Crippen LogP contribution in [0.1, 0.15) is 31.1 Å². The lowest BCUT2D eigenvalue weighted by Gasteiger charge is -2.01. The van der Waals surface area contributed by atoms with Crippen molar-refractivity contribution in [2.45, 2.75) is 32.7 Å². The molecule has 3 heteroatoms. The van der Waals surface area contributed by atoms with Gasteiger partial charge in [0.25, 0.3) is 0 Å². The molecule has 0 spiro atoms. The predicted molar refractivity (Wildman–Crippen MR) is 63.3 cm³/mol. The van der Waals surface area contributed by atoms with Crippen LogP contribution in [0.25, 0.3) is 0 Å². The van der Waals surface area contributed by atoms with Crippen molar-refractivity contribution in [2.24, 2.45) is 0 Å². The molecular formula is C10H16BrNS. The Balaban J connectivity index is 2.06. The van der Waals surface area contributed by atoms with E-state index in [1.54, 1.807) is 11.3 Å². The first kappa shape index (κ1) is 11.2. The van der Waals surface area contributed by atoms with Gasteiger partial charge >= 0.3 is 0 Å². The number of unbranched alkanes of at least 4 members (excludes halogenated alkanes) is 2. The number of hydrogen-bond acceptors (Lipinski definition) is 2. The monoisotopic (exact) mass is 261 g/mol. The molecule has 0 atom stereocenters. The summed E-state index contributed by atoms with van der Waals surface area (Å²) in [6, 6.07) is 2.18. The topological polar surface area (TPSA) is 12.0 Å². The van der Waals surface area contributed by atoms with Gasteiger partial charge in [0.1, 0.15) is 0 Å². The zero-order valence-corrected chi connectivity index (χ0v) is 10.4. The van der Waals surface area contributed by atoms with Gasteiger partial charge in [-0.15, -0.1) is 11.3 Å². The van der Waals surface area contributed by atoms with Crippen LogP contribution in [0.5, 0.6) is 0 Å². The number of rotatable bonds is 6. The molecule has 0 aromatic carbocycles. The summed E-state index contributed by atoms with van der Waals surface area (Å²) in [5.74, 6) is 0. The van der Waals surface area contributed by atoms with Crippen LogP contribution in [0, 0.1) is 0 Å². The van der Waals surface area contributed by atoms with Gasteiger partial charge in [-0.25, -0.2) is 0 Å². The third-order valence-electron chi connectivity index (χ3n) is 1.88. The molecule has 1 aromatic heterocycles. The van der Waals surface area contributed by atoms with Gasteiger partial charge in [0, 0.05) is 21.3 Å². The Bertz CT molecular complexity index is 235. The summed E-state index contributed by atoms with van der Waals surface area (Å²) in [6.45, 7) is 4.39. The summed E-state index contributed by atoms with van der Waals surface area (Å²) < 4.78 is 1.20. The first-order chi connectivity index (χ1) is 6.33. The van der Waals surface area contributed by atoms with Crippen LogP contribution in [-0.4, -0.2) is 6.54 Å². The zero-order valence-electron chi connectivity index (χ0n) is 7.98. The average molecular weight is 262 g/mol. The maximum absolute atomic E-state index is 3.45. The van der Waals surface area contributed by atoms with Gasteiger partial charge in [-0.1, -0.05) is 19.8 Å². The lowest BCUT2D eigenvalue weighted by atomic mass is 10.2. The SMILES string of the molecule is CCCCCNCc1cc(Br)cs1. The van der Waals surface area contributed by atoms with E-state index >= 15 is 0 Å². The molecule has 1 heterocycles. The highest BCUT2D eigenvalue weighted by Gasteiger charge is 1.95. The predicted octanol–water partition coefficient (Wildman–Crippen LogP) is 3.79. The molecule has 1 aromatic rings. The Labute approximate surface area is 92.7 Å². The molecule has 1 nitrogen and oxygen atoms in total. The fourth-order valence-corrected chi connectivity index (χ4v) is 2.58. The normalized spacial score (nSPS) is 10.6. The minimum absolute atomic E-state index is 1.01. The molecule has 0 aliphatic carbocycles. The van der Waals surface area contributed by atoms with E-state index in [9.17, 15) is 0 Å². The first-order valence-electron chi connectivity index (χ1n) is 4.76. The summed E-state index contributed by atoms with van der Waals surface area (Å²) in [6.07, 6.45) is 3.93. The van der Waals surface area contributed by atoms with Crippen LogP contribution in [0.4, 0.5) is 0 Å². The van der Waals surface area contributed by atoms with E-state index in [1.165, 1.54) is 28.6 Å². The van der Waals surface area contributed by atoms with Crippen molar-refractivity contribution in [3.05, 3.63) is 20.8 Å². The van der Waals surface area contributed by atoms with E-state index in [0.29, 0.717) is 0 Å². The number of halogens is 1. The lowest BCUT2D eigenvalue weighted by molar-refractivity contribution is 0.620.